The molecule has 1 N–H and O–H groups in total. The van der Waals surface area contributed by atoms with Crippen molar-refractivity contribution in [1.29, 1.82) is 0 Å². The molecule has 0 radical (unpaired) electrons. The summed E-state index contributed by atoms with van der Waals surface area (Å²) in [6.45, 7) is 0.971. The van der Waals surface area contributed by atoms with Crippen molar-refractivity contribution in [2.24, 2.45) is 0 Å². The average Bonchev–Trinajstić information content (AvgIpc) is 2.70. The Morgan fingerprint density at radius 1 is 1.07 bits per heavy atom. The third-order valence-corrected chi connectivity index (χ3v) is 7.21. The van der Waals surface area contributed by atoms with Gasteiger partial charge in [-0.05, 0) is 49.1 Å². The molecule has 2 aromatic rings. The van der Waals surface area contributed by atoms with Gasteiger partial charge in [0, 0.05) is 30.6 Å². The number of nitrogens with zero attached hydrogens (tertiary/aromatic N) is 1. The molecule has 3 rings (SSSR count). The number of piperidine rings is 1. The summed E-state index contributed by atoms with van der Waals surface area (Å²) in [4.78, 5) is 12.7. The zero-order chi connectivity index (χ0) is 20.0. The molecule has 150 valence electrons. The molecule has 1 saturated heterocycles. The Hall–Kier alpha value is -1.89. The largest absolute Gasteiger partial charge is 0.356 e. The number of benzene rings is 2. The van der Waals surface area contributed by atoms with Crippen molar-refractivity contribution in [3.05, 3.63) is 65.2 Å². The van der Waals surface area contributed by atoms with Crippen molar-refractivity contribution in [1.82, 2.24) is 9.62 Å². The van der Waals surface area contributed by atoms with Crippen LogP contribution >= 0.6 is 11.6 Å². The Balaban J connectivity index is 1.58. The Kier molecular flexibility index (Phi) is 7.10. The molecule has 0 unspecified atom stereocenters. The van der Waals surface area contributed by atoms with Crippen molar-refractivity contribution in [2.45, 2.75) is 43.0 Å². The summed E-state index contributed by atoms with van der Waals surface area (Å²) in [5, 5.41) is 3.60. The number of nitrogens with one attached hydrogen (secondary N) is 1. The molecule has 1 amide bonds. The molecule has 0 bridgehead atoms. The van der Waals surface area contributed by atoms with Crippen LogP contribution in [0.3, 0.4) is 0 Å². The number of rotatable bonds is 7. The summed E-state index contributed by atoms with van der Waals surface area (Å²) < 4.78 is 27.5. The Labute approximate surface area is 171 Å². The number of halogens is 1. The molecule has 1 atom stereocenters. The van der Waals surface area contributed by atoms with E-state index in [-0.39, 0.29) is 23.3 Å². The van der Waals surface area contributed by atoms with Crippen molar-refractivity contribution in [3.8, 4) is 0 Å². The van der Waals surface area contributed by atoms with Crippen LogP contribution in [0.25, 0.3) is 0 Å². The van der Waals surface area contributed by atoms with E-state index in [1.54, 1.807) is 30.3 Å². The van der Waals surface area contributed by atoms with Crippen LogP contribution in [0.2, 0.25) is 5.02 Å². The lowest BCUT2D eigenvalue weighted by Gasteiger charge is -2.34. The first-order chi connectivity index (χ1) is 13.5. The molecule has 0 aliphatic carbocycles. The quantitative estimate of drug-likeness (QED) is 0.743. The molecule has 1 fully saturated rings. The van der Waals surface area contributed by atoms with E-state index >= 15 is 0 Å². The Morgan fingerprint density at radius 3 is 2.50 bits per heavy atom. The van der Waals surface area contributed by atoms with Gasteiger partial charge in [0.05, 0.1) is 4.90 Å². The maximum absolute atomic E-state index is 13.0. The van der Waals surface area contributed by atoms with Crippen LogP contribution in [-0.2, 0) is 21.2 Å². The number of sulfonamides is 1. The summed E-state index contributed by atoms with van der Waals surface area (Å²) >= 11 is 5.88. The minimum atomic E-state index is -3.58. The van der Waals surface area contributed by atoms with Gasteiger partial charge < -0.3 is 5.32 Å². The van der Waals surface area contributed by atoms with Crippen molar-refractivity contribution in [2.75, 3.05) is 13.1 Å². The normalized spacial score (nSPS) is 18.0. The molecule has 0 saturated carbocycles. The average molecular weight is 421 g/mol. The second-order valence-electron chi connectivity index (χ2n) is 7.01. The maximum atomic E-state index is 13.0. The van der Waals surface area contributed by atoms with E-state index in [0.717, 1.165) is 18.4 Å². The minimum absolute atomic E-state index is 0.117. The van der Waals surface area contributed by atoms with Gasteiger partial charge in [0.1, 0.15) is 0 Å². The third kappa shape index (κ3) is 5.34. The van der Waals surface area contributed by atoms with Gasteiger partial charge in [-0.1, -0.05) is 48.4 Å². The second-order valence-corrected chi connectivity index (χ2v) is 9.34. The van der Waals surface area contributed by atoms with Crippen LogP contribution in [-0.4, -0.2) is 37.8 Å². The van der Waals surface area contributed by atoms with Crippen molar-refractivity contribution in [3.63, 3.8) is 0 Å². The fraction of sp³-hybridized carbons (Fsp3) is 0.381. The summed E-state index contributed by atoms with van der Waals surface area (Å²) in [6, 6.07) is 15.7. The summed E-state index contributed by atoms with van der Waals surface area (Å²) in [5.41, 5.74) is 1.09. The van der Waals surface area contributed by atoms with Crippen LogP contribution in [0, 0.1) is 0 Å². The van der Waals surface area contributed by atoms with Crippen LogP contribution in [0.15, 0.2) is 59.5 Å². The van der Waals surface area contributed by atoms with Gasteiger partial charge in [0.25, 0.3) is 0 Å². The highest BCUT2D eigenvalue weighted by Crippen LogP contribution is 2.27. The van der Waals surface area contributed by atoms with Crippen LogP contribution in [0.4, 0.5) is 0 Å². The first-order valence-corrected chi connectivity index (χ1v) is 11.4. The summed E-state index contributed by atoms with van der Waals surface area (Å²) in [7, 11) is -3.58. The number of carbonyl (C=O) groups excluding carboxylic acids is 1. The number of hydrogen-bond donors (Lipinski definition) is 1. The van der Waals surface area contributed by atoms with E-state index in [0.29, 0.717) is 31.0 Å². The van der Waals surface area contributed by atoms with Crippen LogP contribution in [0.1, 0.15) is 31.2 Å². The zero-order valence-electron chi connectivity index (χ0n) is 15.7. The van der Waals surface area contributed by atoms with E-state index in [4.69, 9.17) is 11.6 Å². The molecular formula is C21H25ClN2O3S. The molecule has 28 heavy (non-hydrogen) atoms. The van der Waals surface area contributed by atoms with Gasteiger partial charge in [-0.25, -0.2) is 8.42 Å². The van der Waals surface area contributed by atoms with Gasteiger partial charge in [0.15, 0.2) is 0 Å². The SMILES string of the molecule is O=C(C[C@@H]1CCCCN1S(=O)(=O)c1ccccc1)NCCc1ccc(Cl)cc1. The van der Waals surface area contributed by atoms with E-state index in [1.807, 2.05) is 24.3 Å². The van der Waals surface area contributed by atoms with E-state index in [2.05, 4.69) is 5.32 Å². The van der Waals surface area contributed by atoms with Gasteiger partial charge >= 0.3 is 0 Å². The predicted molar refractivity (Wildman–Crippen MR) is 111 cm³/mol. The molecule has 5 nitrogen and oxygen atoms in total. The smallest absolute Gasteiger partial charge is 0.243 e. The lowest BCUT2D eigenvalue weighted by molar-refractivity contribution is -0.122. The number of hydrogen-bond acceptors (Lipinski definition) is 3. The van der Waals surface area contributed by atoms with Crippen LogP contribution in [0.5, 0.6) is 0 Å². The van der Waals surface area contributed by atoms with Crippen molar-refractivity contribution >= 4 is 27.5 Å². The molecule has 1 aliphatic heterocycles. The van der Waals surface area contributed by atoms with Gasteiger partial charge in [-0.3, -0.25) is 4.79 Å². The summed E-state index contributed by atoms with van der Waals surface area (Å²) in [6.07, 6.45) is 3.35. The number of amides is 1. The Morgan fingerprint density at radius 2 is 1.79 bits per heavy atom. The molecule has 2 aromatic carbocycles. The Bertz CT molecular complexity index is 886. The molecular weight excluding hydrogens is 396 g/mol. The van der Waals surface area contributed by atoms with Gasteiger partial charge in [-0.2, -0.15) is 4.31 Å². The predicted octanol–water partition coefficient (Wildman–Crippen LogP) is 3.63. The highest BCUT2D eigenvalue weighted by molar-refractivity contribution is 7.89. The zero-order valence-corrected chi connectivity index (χ0v) is 17.3. The highest BCUT2D eigenvalue weighted by Gasteiger charge is 2.34. The fourth-order valence-electron chi connectivity index (χ4n) is 3.51. The lowest BCUT2D eigenvalue weighted by Crippen LogP contribution is -2.46. The third-order valence-electron chi connectivity index (χ3n) is 4.99. The van der Waals surface area contributed by atoms with E-state index in [9.17, 15) is 13.2 Å². The molecule has 0 spiro atoms. The molecule has 7 heteroatoms. The monoisotopic (exact) mass is 420 g/mol. The number of carbonyl (C=O) groups is 1. The highest BCUT2D eigenvalue weighted by atomic mass is 35.5. The maximum Gasteiger partial charge on any atom is 0.243 e. The van der Waals surface area contributed by atoms with Crippen LogP contribution < -0.4 is 5.32 Å². The molecule has 0 aromatic heterocycles. The standard InChI is InChI=1S/C21H25ClN2O3S/c22-18-11-9-17(10-12-18)13-14-23-21(25)16-19-6-4-5-15-24(19)28(26,27)20-7-2-1-3-8-20/h1-3,7-12,19H,4-6,13-16H2,(H,23,25)/t19-/m0/s1. The van der Waals surface area contributed by atoms with Crippen molar-refractivity contribution < 1.29 is 13.2 Å². The minimum Gasteiger partial charge on any atom is -0.356 e. The topological polar surface area (TPSA) is 66.5 Å². The molecule has 1 aliphatic rings. The van der Waals surface area contributed by atoms with Gasteiger partial charge in [-0.15, -0.1) is 0 Å². The fourth-order valence-corrected chi connectivity index (χ4v) is 5.35. The summed E-state index contributed by atoms with van der Waals surface area (Å²) in [5.74, 6) is -0.117. The van der Waals surface area contributed by atoms with Gasteiger partial charge in [0.2, 0.25) is 15.9 Å². The lowest BCUT2D eigenvalue weighted by atomic mass is 10.0. The first-order valence-electron chi connectivity index (χ1n) is 9.55. The van der Waals surface area contributed by atoms with E-state index < -0.39 is 10.0 Å². The molecule has 1 heterocycles. The van der Waals surface area contributed by atoms with E-state index in [1.165, 1.54) is 4.31 Å². The first kappa shape index (κ1) is 20.8. The second kappa shape index (κ2) is 9.54.